The van der Waals surface area contributed by atoms with Crippen molar-refractivity contribution in [3.8, 4) is 0 Å². The van der Waals surface area contributed by atoms with Crippen molar-refractivity contribution in [2.45, 2.75) is 89.5 Å². The molecule has 1 saturated heterocycles. The van der Waals surface area contributed by atoms with Gasteiger partial charge in [0.1, 0.15) is 6.10 Å². The summed E-state index contributed by atoms with van der Waals surface area (Å²) in [7, 11) is 0. The second-order valence-corrected chi connectivity index (χ2v) is 6.39. The van der Waals surface area contributed by atoms with Crippen molar-refractivity contribution in [3.05, 3.63) is 0 Å². The zero-order chi connectivity index (χ0) is 14.4. The van der Waals surface area contributed by atoms with Gasteiger partial charge in [-0.3, -0.25) is 4.79 Å². The Bertz CT molecular complexity index is 307. The Hall–Kier alpha value is -0.320. The number of halogens is 1. The molecule has 1 saturated carbocycles. The van der Waals surface area contributed by atoms with Crippen molar-refractivity contribution in [2.24, 2.45) is 0 Å². The van der Waals surface area contributed by atoms with Crippen LogP contribution in [0.3, 0.4) is 0 Å². The lowest BCUT2D eigenvalue weighted by molar-refractivity contribution is -0.137. The van der Waals surface area contributed by atoms with Gasteiger partial charge in [0, 0.05) is 12.1 Å². The SMILES string of the molecule is CC(OC1CCCCCC1)C(=O)NC1CCCNC1C.Cl. The molecule has 0 spiro atoms. The van der Waals surface area contributed by atoms with E-state index in [2.05, 4.69) is 17.6 Å². The smallest absolute Gasteiger partial charge is 0.249 e. The topological polar surface area (TPSA) is 50.4 Å². The van der Waals surface area contributed by atoms with E-state index in [1.807, 2.05) is 6.92 Å². The number of nitrogens with one attached hydrogen (secondary N) is 2. The molecule has 0 aromatic rings. The number of amides is 1. The van der Waals surface area contributed by atoms with Crippen molar-refractivity contribution in [1.29, 1.82) is 0 Å². The van der Waals surface area contributed by atoms with Crippen molar-refractivity contribution >= 4 is 18.3 Å². The molecule has 0 aromatic heterocycles. The van der Waals surface area contributed by atoms with Gasteiger partial charge in [-0.25, -0.2) is 0 Å². The molecule has 2 rings (SSSR count). The first-order valence-electron chi connectivity index (χ1n) is 8.36. The van der Waals surface area contributed by atoms with Crippen LogP contribution in [0.1, 0.15) is 65.2 Å². The lowest BCUT2D eigenvalue weighted by Gasteiger charge is -2.32. The summed E-state index contributed by atoms with van der Waals surface area (Å²) >= 11 is 0. The Morgan fingerprint density at radius 3 is 2.43 bits per heavy atom. The average molecular weight is 319 g/mol. The number of hydrogen-bond acceptors (Lipinski definition) is 3. The van der Waals surface area contributed by atoms with Crippen LogP contribution in [-0.4, -0.2) is 36.7 Å². The van der Waals surface area contributed by atoms with Crippen molar-refractivity contribution in [3.63, 3.8) is 0 Å². The summed E-state index contributed by atoms with van der Waals surface area (Å²) < 4.78 is 5.98. The van der Waals surface area contributed by atoms with E-state index in [0.717, 1.165) is 32.2 Å². The average Bonchev–Trinajstić information content (AvgIpc) is 2.70. The summed E-state index contributed by atoms with van der Waals surface area (Å²) in [5, 5.41) is 6.56. The summed E-state index contributed by atoms with van der Waals surface area (Å²) in [5.41, 5.74) is 0. The molecule has 0 bridgehead atoms. The van der Waals surface area contributed by atoms with E-state index < -0.39 is 0 Å². The number of carbonyl (C=O) groups is 1. The van der Waals surface area contributed by atoms with Gasteiger partial charge < -0.3 is 15.4 Å². The van der Waals surface area contributed by atoms with Gasteiger partial charge in [0.25, 0.3) is 0 Å². The van der Waals surface area contributed by atoms with E-state index in [1.54, 1.807) is 0 Å². The minimum atomic E-state index is -0.327. The third-order valence-electron chi connectivity index (χ3n) is 4.66. The number of ether oxygens (including phenoxy) is 1. The highest BCUT2D eigenvalue weighted by molar-refractivity contribution is 5.85. The molecular formula is C16H31ClN2O2. The Morgan fingerprint density at radius 2 is 1.81 bits per heavy atom. The third kappa shape index (κ3) is 6.13. The maximum absolute atomic E-state index is 12.3. The van der Waals surface area contributed by atoms with Crippen molar-refractivity contribution in [2.75, 3.05) is 6.54 Å². The minimum Gasteiger partial charge on any atom is -0.365 e. The van der Waals surface area contributed by atoms with Gasteiger partial charge in [0.2, 0.25) is 5.91 Å². The molecule has 1 amide bonds. The lowest BCUT2D eigenvalue weighted by atomic mass is 10.00. The van der Waals surface area contributed by atoms with E-state index in [1.165, 1.54) is 25.7 Å². The highest BCUT2D eigenvalue weighted by atomic mass is 35.5. The zero-order valence-corrected chi connectivity index (χ0v) is 14.2. The third-order valence-corrected chi connectivity index (χ3v) is 4.66. The number of hydrogen-bond donors (Lipinski definition) is 2. The molecule has 1 aliphatic carbocycles. The molecule has 2 N–H and O–H groups in total. The van der Waals surface area contributed by atoms with Crippen LogP contribution in [0.25, 0.3) is 0 Å². The van der Waals surface area contributed by atoms with Gasteiger partial charge in [0.05, 0.1) is 6.10 Å². The molecule has 1 heterocycles. The first-order valence-corrected chi connectivity index (χ1v) is 8.36. The first kappa shape index (κ1) is 18.7. The first-order chi connectivity index (χ1) is 9.66. The molecule has 1 aliphatic heterocycles. The fraction of sp³-hybridized carbons (Fsp3) is 0.938. The molecule has 124 valence electrons. The van der Waals surface area contributed by atoms with Crippen LogP contribution in [0.2, 0.25) is 0 Å². The molecule has 2 fully saturated rings. The number of piperidine rings is 1. The second kappa shape index (κ2) is 9.65. The van der Waals surface area contributed by atoms with E-state index in [0.29, 0.717) is 6.04 Å². The summed E-state index contributed by atoms with van der Waals surface area (Å²) in [6.45, 7) is 5.09. The van der Waals surface area contributed by atoms with E-state index in [9.17, 15) is 4.79 Å². The molecule has 0 aromatic carbocycles. The van der Waals surface area contributed by atoms with Crippen LogP contribution in [-0.2, 0) is 9.53 Å². The predicted octanol–water partition coefficient (Wildman–Crippen LogP) is 2.79. The van der Waals surface area contributed by atoms with Gasteiger partial charge in [-0.15, -0.1) is 12.4 Å². The van der Waals surface area contributed by atoms with E-state index >= 15 is 0 Å². The Morgan fingerprint density at radius 1 is 1.14 bits per heavy atom. The van der Waals surface area contributed by atoms with Gasteiger partial charge in [-0.2, -0.15) is 0 Å². The highest BCUT2D eigenvalue weighted by Crippen LogP contribution is 2.21. The van der Waals surface area contributed by atoms with Gasteiger partial charge >= 0.3 is 0 Å². The molecule has 3 unspecified atom stereocenters. The molecule has 3 atom stereocenters. The molecule has 4 nitrogen and oxygen atoms in total. The summed E-state index contributed by atoms with van der Waals surface area (Å²) in [6.07, 6.45) is 9.47. The lowest BCUT2D eigenvalue weighted by Crippen LogP contribution is -2.54. The van der Waals surface area contributed by atoms with Crippen LogP contribution in [0.5, 0.6) is 0 Å². The Labute approximate surface area is 135 Å². The standard InChI is InChI=1S/C16H30N2O2.ClH/c1-12-15(10-7-11-17-12)18-16(19)13(2)20-14-8-5-3-4-6-9-14;/h12-15,17H,3-11H2,1-2H3,(H,18,19);1H. The van der Waals surface area contributed by atoms with Crippen LogP contribution >= 0.6 is 12.4 Å². The van der Waals surface area contributed by atoms with Crippen LogP contribution < -0.4 is 10.6 Å². The maximum atomic E-state index is 12.3. The molecule has 2 aliphatic rings. The molecule has 21 heavy (non-hydrogen) atoms. The predicted molar refractivity (Wildman–Crippen MR) is 87.9 cm³/mol. The Kier molecular flexibility index (Phi) is 8.60. The maximum Gasteiger partial charge on any atom is 0.249 e. The zero-order valence-electron chi connectivity index (χ0n) is 13.4. The van der Waals surface area contributed by atoms with Crippen molar-refractivity contribution in [1.82, 2.24) is 10.6 Å². The second-order valence-electron chi connectivity index (χ2n) is 6.39. The molecule has 0 radical (unpaired) electrons. The summed E-state index contributed by atoms with van der Waals surface area (Å²) in [4.78, 5) is 12.3. The van der Waals surface area contributed by atoms with Gasteiger partial charge in [-0.05, 0) is 46.1 Å². The van der Waals surface area contributed by atoms with Crippen LogP contribution in [0.4, 0.5) is 0 Å². The van der Waals surface area contributed by atoms with Crippen LogP contribution in [0.15, 0.2) is 0 Å². The van der Waals surface area contributed by atoms with Gasteiger partial charge in [-0.1, -0.05) is 25.7 Å². The Balaban J connectivity index is 0.00000220. The van der Waals surface area contributed by atoms with E-state index in [-0.39, 0.29) is 36.6 Å². The normalized spacial score (nSPS) is 29.0. The molecular weight excluding hydrogens is 288 g/mol. The van der Waals surface area contributed by atoms with Gasteiger partial charge in [0.15, 0.2) is 0 Å². The summed E-state index contributed by atoms with van der Waals surface area (Å²) in [6, 6.07) is 0.606. The number of rotatable bonds is 4. The fourth-order valence-corrected chi connectivity index (χ4v) is 3.27. The van der Waals surface area contributed by atoms with Crippen LogP contribution in [0, 0.1) is 0 Å². The van der Waals surface area contributed by atoms with Crippen molar-refractivity contribution < 1.29 is 9.53 Å². The minimum absolute atomic E-state index is 0. The monoisotopic (exact) mass is 318 g/mol. The number of carbonyl (C=O) groups excluding carboxylic acids is 1. The molecule has 5 heteroatoms. The van der Waals surface area contributed by atoms with E-state index in [4.69, 9.17) is 4.74 Å². The summed E-state index contributed by atoms with van der Waals surface area (Å²) in [5.74, 6) is 0.0507. The fourth-order valence-electron chi connectivity index (χ4n) is 3.27. The quantitative estimate of drug-likeness (QED) is 0.784. The highest BCUT2D eigenvalue weighted by Gasteiger charge is 2.26. The largest absolute Gasteiger partial charge is 0.365 e.